The molecule has 4 rings (SSSR count). The van der Waals surface area contributed by atoms with Crippen LogP contribution in [0.5, 0.6) is 0 Å². The van der Waals surface area contributed by atoms with Crippen LogP contribution in [0.15, 0.2) is 84.9 Å². The fourth-order valence-electron chi connectivity index (χ4n) is 5.10. The van der Waals surface area contributed by atoms with E-state index in [1.807, 2.05) is 0 Å². The monoisotopic (exact) mass is 408 g/mol. The van der Waals surface area contributed by atoms with Crippen molar-refractivity contribution >= 4 is 0 Å². The van der Waals surface area contributed by atoms with Crippen molar-refractivity contribution in [3.05, 3.63) is 107 Å². The summed E-state index contributed by atoms with van der Waals surface area (Å²) in [4.78, 5) is 0. The van der Waals surface area contributed by atoms with Gasteiger partial charge in [-0.05, 0) is 79.2 Å². The normalized spacial score (nSPS) is 15.5. The first-order valence-corrected chi connectivity index (χ1v) is 12.0. The van der Waals surface area contributed by atoms with E-state index in [1.165, 1.54) is 65.5 Å². The summed E-state index contributed by atoms with van der Waals surface area (Å²) in [5.41, 5.74) is 9.74. The van der Waals surface area contributed by atoms with Crippen LogP contribution in [0.4, 0.5) is 0 Å². The lowest BCUT2D eigenvalue weighted by molar-refractivity contribution is 0.443. The summed E-state index contributed by atoms with van der Waals surface area (Å²) >= 11 is 0. The van der Waals surface area contributed by atoms with E-state index in [0.717, 1.165) is 18.8 Å². The van der Waals surface area contributed by atoms with Crippen molar-refractivity contribution in [2.24, 2.45) is 5.92 Å². The zero-order chi connectivity index (χ0) is 21.6. The number of benzene rings is 3. The summed E-state index contributed by atoms with van der Waals surface area (Å²) in [5.74, 6) is 1.18. The van der Waals surface area contributed by atoms with Crippen LogP contribution in [-0.2, 0) is 12.8 Å². The van der Waals surface area contributed by atoms with Crippen molar-refractivity contribution in [1.82, 2.24) is 0 Å². The Balaban J connectivity index is 1.67. The minimum Gasteiger partial charge on any atom is -0.0998 e. The molecule has 3 aromatic carbocycles. The lowest BCUT2D eigenvalue weighted by Crippen LogP contribution is -2.11. The molecule has 1 atom stereocenters. The Kier molecular flexibility index (Phi) is 7.07. The van der Waals surface area contributed by atoms with Crippen LogP contribution in [0.25, 0.3) is 11.1 Å². The Bertz CT molecular complexity index is 1010. The van der Waals surface area contributed by atoms with Gasteiger partial charge < -0.3 is 0 Å². The SMILES string of the molecule is C=C(C)C(Cc1ccccc1)Cc1cc(-c2cccc(C)c2)cc(C2CCCCC2)c1. The molecule has 1 unspecified atom stereocenters. The Morgan fingerprint density at radius 3 is 2.26 bits per heavy atom. The molecule has 0 aliphatic heterocycles. The van der Waals surface area contributed by atoms with Crippen LogP contribution < -0.4 is 0 Å². The topological polar surface area (TPSA) is 0 Å². The molecule has 0 bridgehead atoms. The fourth-order valence-corrected chi connectivity index (χ4v) is 5.10. The van der Waals surface area contributed by atoms with Crippen molar-refractivity contribution in [3.8, 4) is 11.1 Å². The number of allylic oxidation sites excluding steroid dienone is 1. The standard InChI is InChI=1S/C31H36/c1-23(2)29(18-25-12-6-4-7-13-25)19-26-20-30(27-14-8-5-9-15-27)22-31(21-26)28-16-10-11-24(3)17-28/h4,6-7,10-13,16-17,20-22,27,29H,1,5,8-9,14-15,18-19H2,2-3H3. The molecule has 160 valence electrons. The fraction of sp³-hybridized carbons (Fsp3) is 0.355. The molecule has 0 nitrogen and oxygen atoms in total. The molecular weight excluding hydrogens is 372 g/mol. The van der Waals surface area contributed by atoms with Gasteiger partial charge in [-0.1, -0.05) is 110 Å². The van der Waals surface area contributed by atoms with Crippen molar-refractivity contribution in [2.75, 3.05) is 0 Å². The summed E-state index contributed by atoms with van der Waals surface area (Å²) in [6.07, 6.45) is 8.94. The third kappa shape index (κ3) is 5.76. The molecule has 0 saturated heterocycles. The lowest BCUT2D eigenvalue weighted by atomic mass is 9.81. The van der Waals surface area contributed by atoms with Gasteiger partial charge in [0.15, 0.2) is 0 Å². The highest BCUT2D eigenvalue weighted by Crippen LogP contribution is 2.36. The molecule has 0 aromatic heterocycles. The number of rotatable bonds is 7. The summed E-state index contributed by atoms with van der Waals surface area (Å²) in [7, 11) is 0. The third-order valence-electron chi connectivity index (χ3n) is 6.95. The molecule has 31 heavy (non-hydrogen) atoms. The molecule has 3 aromatic rings. The van der Waals surface area contributed by atoms with Crippen LogP contribution in [0.2, 0.25) is 0 Å². The highest BCUT2D eigenvalue weighted by molar-refractivity contribution is 5.66. The molecule has 0 N–H and O–H groups in total. The van der Waals surface area contributed by atoms with E-state index in [9.17, 15) is 0 Å². The van der Waals surface area contributed by atoms with Gasteiger partial charge in [0.25, 0.3) is 0 Å². The van der Waals surface area contributed by atoms with Gasteiger partial charge in [-0.25, -0.2) is 0 Å². The van der Waals surface area contributed by atoms with Gasteiger partial charge in [-0.2, -0.15) is 0 Å². The van der Waals surface area contributed by atoms with E-state index in [2.05, 4.69) is 93.2 Å². The van der Waals surface area contributed by atoms with E-state index in [1.54, 1.807) is 5.56 Å². The van der Waals surface area contributed by atoms with Crippen LogP contribution in [0.1, 0.15) is 67.2 Å². The second kappa shape index (κ2) is 10.1. The first-order chi connectivity index (χ1) is 15.1. The van der Waals surface area contributed by atoms with Crippen LogP contribution in [0, 0.1) is 12.8 Å². The molecule has 0 radical (unpaired) electrons. The number of aryl methyl sites for hydroxylation is 1. The summed E-state index contributed by atoms with van der Waals surface area (Å²) in [5, 5.41) is 0. The Hall–Kier alpha value is -2.60. The molecule has 0 amide bonds. The first-order valence-electron chi connectivity index (χ1n) is 12.0. The molecule has 1 fully saturated rings. The average molecular weight is 409 g/mol. The van der Waals surface area contributed by atoms with E-state index < -0.39 is 0 Å². The van der Waals surface area contributed by atoms with E-state index in [0.29, 0.717) is 5.92 Å². The maximum absolute atomic E-state index is 4.35. The molecule has 1 aliphatic carbocycles. The molecular formula is C31H36. The van der Waals surface area contributed by atoms with E-state index in [-0.39, 0.29) is 0 Å². The maximum atomic E-state index is 4.35. The first kappa shape index (κ1) is 21.6. The summed E-state index contributed by atoms with van der Waals surface area (Å²) < 4.78 is 0. The van der Waals surface area contributed by atoms with Gasteiger partial charge in [0.1, 0.15) is 0 Å². The van der Waals surface area contributed by atoms with E-state index >= 15 is 0 Å². The Labute approximate surface area is 189 Å². The van der Waals surface area contributed by atoms with Gasteiger partial charge in [-0.15, -0.1) is 0 Å². The largest absolute Gasteiger partial charge is 0.0998 e. The van der Waals surface area contributed by atoms with Crippen molar-refractivity contribution < 1.29 is 0 Å². The van der Waals surface area contributed by atoms with Crippen LogP contribution >= 0.6 is 0 Å². The van der Waals surface area contributed by atoms with E-state index in [4.69, 9.17) is 0 Å². The molecule has 0 spiro atoms. The third-order valence-corrected chi connectivity index (χ3v) is 6.95. The van der Waals surface area contributed by atoms with Crippen molar-refractivity contribution in [2.45, 2.75) is 64.7 Å². The maximum Gasteiger partial charge on any atom is -0.0128 e. The van der Waals surface area contributed by atoms with Crippen molar-refractivity contribution in [3.63, 3.8) is 0 Å². The second-order valence-corrected chi connectivity index (χ2v) is 9.60. The minimum atomic E-state index is 0.467. The van der Waals surface area contributed by atoms with Crippen molar-refractivity contribution in [1.29, 1.82) is 0 Å². The van der Waals surface area contributed by atoms with Gasteiger partial charge in [-0.3, -0.25) is 0 Å². The van der Waals surface area contributed by atoms with Gasteiger partial charge in [0.05, 0.1) is 0 Å². The Morgan fingerprint density at radius 2 is 1.55 bits per heavy atom. The predicted octanol–water partition coefficient (Wildman–Crippen LogP) is 8.69. The molecule has 1 saturated carbocycles. The number of hydrogen-bond acceptors (Lipinski definition) is 0. The molecule has 1 aliphatic rings. The molecule has 0 heteroatoms. The quantitative estimate of drug-likeness (QED) is 0.343. The zero-order valence-electron chi connectivity index (χ0n) is 19.2. The Morgan fingerprint density at radius 1 is 0.806 bits per heavy atom. The predicted molar refractivity (Wildman–Crippen MR) is 135 cm³/mol. The summed E-state index contributed by atoms with van der Waals surface area (Å²) in [6, 6.07) is 27.2. The van der Waals surface area contributed by atoms with Crippen LogP contribution in [0.3, 0.4) is 0 Å². The number of hydrogen-bond donors (Lipinski definition) is 0. The smallest absolute Gasteiger partial charge is 0.0128 e. The van der Waals surface area contributed by atoms with Gasteiger partial charge in [0, 0.05) is 0 Å². The lowest BCUT2D eigenvalue weighted by Gasteiger charge is -2.24. The van der Waals surface area contributed by atoms with Crippen LogP contribution in [-0.4, -0.2) is 0 Å². The molecule has 0 heterocycles. The average Bonchev–Trinajstić information content (AvgIpc) is 2.80. The highest BCUT2D eigenvalue weighted by Gasteiger charge is 2.19. The zero-order valence-corrected chi connectivity index (χ0v) is 19.2. The van der Waals surface area contributed by atoms with Gasteiger partial charge >= 0.3 is 0 Å². The highest BCUT2D eigenvalue weighted by atomic mass is 14.2. The summed E-state index contributed by atoms with van der Waals surface area (Å²) in [6.45, 7) is 8.73. The van der Waals surface area contributed by atoms with Gasteiger partial charge in [0.2, 0.25) is 0 Å². The second-order valence-electron chi connectivity index (χ2n) is 9.60. The minimum absolute atomic E-state index is 0.467.